The van der Waals surface area contributed by atoms with E-state index in [2.05, 4.69) is 27.7 Å². The van der Waals surface area contributed by atoms with Gasteiger partial charge in [-0.2, -0.15) is 0 Å². The fraction of sp³-hybridized carbons (Fsp3) is 1.00. The lowest BCUT2D eigenvalue weighted by Crippen LogP contribution is -2.52. The summed E-state index contributed by atoms with van der Waals surface area (Å²) in [5, 5.41) is 0. The quantitative estimate of drug-likeness (QED) is 0.601. The monoisotopic (exact) mass is 176 g/mol. The molecule has 1 aliphatic carbocycles. The van der Waals surface area contributed by atoms with Gasteiger partial charge in [-0.05, 0) is 17.3 Å². The van der Waals surface area contributed by atoms with E-state index in [1.807, 2.05) is 0 Å². The molecule has 0 radical (unpaired) electrons. The zero-order chi connectivity index (χ0) is 9.57. The fourth-order valence-electron chi connectivity index (χ4n) is 2.39. The molecule has 72 valence electrons. The molecule has 12 heavy (non-hydrogen) atoms. The highest BCUT2D eigenvalue weighted by Gasteiger charge is 2.58. The predicted octanol–water partition coefficient (Wildman–Crippen LogP) is 3.71. The topological polar surface area (TPSA) is 0 Å². The van der Waals surface area contributed by atoms with E-state index in [0.29, 0.717) is 11.8 Å². The second-order valence-corrected chi connectivity index (χ2v) is 4.75. The van der Waals surface area contributed by atoms with Crippen LogP contribution in [-0.2, 0) is 0 Å². The van der Waals surface area contributed by atoms with Crippen LogP contribution in [0.4, 0.5) is 8.78 Å². The standard InChI is InChI=1S/C10H18F2/c1-7(2)9(8(3)4)5-10(11,12)6-9/h7-8H,5-6H2,1-4H3. The minimum atomic E-state index is -2.38. The van der Waals surface area contributed by atoms with Crippen molar-refractivity contribution in [1.29, 1.82) is 0 Å². The highest BCUT2D eigenvalue weighted by molar-refractivity contribution is 5.02. The molecular weight excluding hydrogens is 158 g/mol. The van der Waals surface area contributed by atoms with Crippen molar-refractivity contribution in [3.8, 4) is 0 Å². The molecule has 1 rings (SSSR count). The third kappa shape index (κ3) is 1.36. The Balaban J connectivity index is 2.69. The Labute approximate surface area is 73.3 Å². The fourth-order valence-corrected chi connectivity index (χ4v) is 2.39. The summed E-state index contributed by atoms with van der Waals surface area (Å²) in [5.41, 5.74) is -0.0938. The Morgan fingerprint density at radius 3 is 1.33 bits per heavy atom. The molecule has 0 saturated heterocycles. The van der Waals surface area contributed by atoms with Crippen LogP contribution < -0.4 is 0 Å². The number of alkyl halides is 2. The molecule has 0 unspecified atom stereocenters. The first-order valence-corrected chi connectivity index (χ1v) is 4.68. The Bertz CT molecular complexity index is 153. The molecule has 1 fully saturated rings. The van der Waals surface area contributed by atoms with Crippen molar-refractivity contribution in [2.24, 2.45) is 17.3 Å². The van der Waals surface area contributed by atoms with Crippen molar-refractivity contribution >= 4 is 0 Å². The van der Waals surface area contributed by atoms with E-state index in [0.717, 1.165) is 0 Å². The van der Waals surface area contributed by atoms with Crippen LogP contribution in [0.25, 0.3) is 0 Å². The van der Waals surface area contributed by atoms with Gasteiger partial charge in [0.15, 0.2) is 0 Å². The van der Waals surface area contributed by atoms with E-state index >= 15 is 0 Å². The van der Waals surface area contributed by atoms with Crippen LogP contribution in [0.2, 0.25) is 0 Å². The van der Waals surface area contributed by atoms with Crippen molar-refractivity contribution in [1.82, 2.24) is 0 Å². The van der Waals surface area contributed by atoms with Crippen LogP contribution in [-0.4, -0.2) is 5.92 Å². The van der Waals surface area contributed by atoms with Crippen molar-refractivity contribution < 1.29 is 8.78 Å². The molecule has 0 amide bonds. The molecule has 2 heteroatoms. The lowest BCUT2D eigenvalue weighted by molar-refractivity contribution is -0.197. The molecule has 0 aromatic heterocycles. The molecule has 1 saturated carbocycles. The average Bonchev–Trinajstić information content (AvgIpc) is 1.80. The maximum Gasteiger partial charge on any atom is 0.249 e. The minimum Gasteiger partial charge on any atom is -0.207 e. The lowest BCUT2D eigenvalue weighted by atomic mass is 9.54. The molecule has 0 bridgehead atoms. The Morgan fingerprint density at radius 2 is 1.25 bits per heavy atom. The zero-order valence-corrected chi connectivity index (χ0v) is 8.32. The van der Waals surface area contributed by atoms with Gasteiger partial charge in [-0.3, -0.25) is 0 Å². The van der Waals surface area contributed by atoms with Crippen molar-refractivity contribution in [3.05, 3.63) is 0 Å². The van der Waals surface area contributed by atoms with Gasteiger partial charge in [0.2, 0.25) is 5.92 Å². The molecule has 0 aliphatic heterocycles. The largest absolute Gasteiger partial charge is 0.249 e. The first-order chi connectivity index (χ1) is 5.30. The number of hydrogen-bond acceptors (Lipinski definition) is 0. The average molecular weight is 176 g/mol. The molecule has 0 nitrogen and oxygen atoms in total. The maximum atomic E-state index is 12.8. The van der Waals surface area contributed by atoms with Crippen LogP contribution in [0.3, 0.4) is 0 Å². The summed E-state index contributed by atoms with van der Waals surface area (Å²) in [7, 11) is 0. The molecule has 0 aromatic carbocycles. The van der Waals surface area contributed by atoms with Gasteiger partial charge in [0, 0.05) is 12.8 Å². The molecule has 0 heterocycles. The van der Waals surface area contributed by atoms with E-state index in [9.17, 15) is 8.78 Å². The van der Waals surface area contributed by atoms with E-state index in [4.69, 9.17) is 0 Å². The van der Waals surface area contributed by atoms with Gasteiger partial charge in [-0.25, -0.2) is 8.78 Å². The van der Waals surface area contributed by atoms with Gasteiger partial charge in [0.05, 0.1) is 0 Å². The third-order valence-corrected chi connectivity index (χ3v) is 3.48. The predicted molar refractivity (Wildman–Crippen MR) is 46.3 cm³/mol. The van der Waals surface area contributed by atoms with E-state index in [1.54, 1.807) is 0 Å². The van der Waals surface area contributed by atoms with E-state index in [1.165, 1.54) is 0 Å². The number of rotatable bonds is 2. The minimum absolute atomic E-state index is 0.0926. The third-order valence-electron chi connectivity index (χ3n) is 3.48. The van der Waals surface area contributed by atoms with E-state index < -0.39 is 5.92 Å². The highest BCUT2D eigenvalue weighted by atomic mass is 19.3. The summed E-state index contributed by atoms with van der Waals surface area (Å²) < 4.78 is 25.5. The summed E-state index contributed by atoms with van der Waals surface area (Å²) in [6.45, 7) is 8.20. The van der Waals surface area contributed by atoms with Gasteiger partial charge in [0.25, 0.3) is 0 Å². The highest BCUT2D eigenvalue weighted by Crippen LogP contribution is 2.59. The second kappa shape index (κ2) is 2.68. The summed E-state index contributed by atoms with van der Waals surface area (Å²) in [6.07, 6.45) is 0.185. The van der Waals surface area contributed by atoms with Crippen molar-refractivity contribution in [2.75, 3.05) is 0 Å². The first-order valence-electron chi connectivity index (χ1n) is 4.68. The van der Waals surface area contributed by atoms with Crippen LogP contribution in [0, 0.1) is 17.3 Å². The van der Waals surface area contributed by atoms with Gasteiger partial charge in [-0.1, -0.05) is 27.7 Å². The second-order valence-electron chi connectivity index (χ2n) is 4.75. The van der Waals surface area contributed by atoms with Crippen LogP contribution in [0.1, 0.15) is 40.5 Å². The normalized spacial score (nSPS) is 26.0. The van der Waals surface area contributed by atoms with Crippen molar-refractivity contribution in [3.63, 3.8) is 0 Å². The van der Waals surface area contributed by atoms with Gasteiger partial charge >= 0.3 is 0 Å². The Kier molecular flexibility index (Phi) is 2.22. The number of hydrogen-bond donors (Lipinski definition) is 0. The van der Waals surface area contributed by atoms with Crippen LogP contribution >= 0.6 is 0 Å². The lowest BCUT2D eigenvalue weighted by Gasteiger charge is -2.53. The molecule has 0 N–H and O–H groups in total. The summed E-state index contributed by atoms with van der Waals surface area (Å²) >= 11 is 0. The Morgan fingerprint density at radius 1 is 0.917 bits per heavy atom. The molecule has 0 atom stereocenters. The van der Waals surface area contributed by atoms with Crippen LogP contribution in [0.5, 0.6) is 0 Å². The molecule has 0 spiro atoms. The smallest absolute Gasteiger partial charge is 0.207 e. The summed E-state index contributed by atoms with van der Waals surface area (Å²) in [4.78, 5) is 0. The van der Waals surface area contributed by atoms with E-state index in [-0.39, 0.29) is 18.3 Å². The number of halogens is 2. The Hall–Kier alpha value is -0.140. The van der Waals surface area contributed by atoms with Crippen molar-refractivity contribution in [2.45, 2.75) is 46.5 Å². The first kappa shape index (κ1) is 9.94. The van der Waals surface area contributed by atoms with Crippen LogP contribution in [0.15, 0.2) is 0 Å². The molecular formula is C10H18F2. The maximum absolute atomic E-state index is 12.8. The SMILES string of the molecule is CC(C)C1(C(C)C)CC(F)(F)C1. The van der Waals surface area contributed by atoms with Gasteiger partial charge < -0.3 is 0 Å². The summed E-state index contributed by atoms with van der Waals surface area (Å²) in [5.74, 6) is -1.64. The van der Waals surface area contributed by atoms with Gasteiger partial charge in [0.1, 0.15) is 0 Å². The molecule has 1 aliphatic rings. The summed E-state index contributed by atoms with van der Waals surface area (Å²) in [6, 6.07) is 0. The zero-order valence-electron chi connectivity index (χ0n) is 8.32. The molecule has 0 aromatic rings. The van der Waals surface area contributed by atoms with Gasteiger partial charge in [-0.15, -0.1) is 0 Å².